The second-order valence-corrected chi connectivity index (χ2v) is 8.62. The molecule has 0 spiro atoms. The Labute approximate surface area is 150 Å². The lowest BCUT2D eigenvalue weighted by atomic mass is 10.2. The van der Waals surface area contributed by atoms with E-state index in [1.54, 1.807) is 12.1 Å². The van der Waals surface area contributed by atoms with Crippen molar-refractivity contribution in [2.24, 2.45) is 0 Å². The van der Waals surface area contributed by atoms with E-state index in [2.05, 4.69) is 20.6 Å². The van der Waals surface area contributed by atoms with Gasteiger partial charge in [0, 0.05) is 29.1 Å². The lowest BCUT2D eigenvalue weighted by Gasteiger charge is -2.11. The number of aromatic nitrogens is 2. The maximum absolute atomic E-state index is 12.2. The van der Waals surface area contributed by atoms with Gasteiger partial charge in [-0.25, -0.2) is 18.4 Å². The number of nitrogens with one attached hydrogen (secondary N) is 2. The molecule has 1 atom stereocenters. The van der Waals surface area contributed by atoms with Crippen LogP contribution < -0.4 is 10.6 Å². The third kappa shape index (κ3) is 4.46. The average molecular weight is 381 g/mol. The molecule has 9 heteroatoms. The first kappa shape index (κ1) is 17.6. The van der Waals surface area contributed by atoms with Crippen molar-refractivity contribution in [2.45, 2.75) is 19.4 Å². The minimum Gasteiger partial charge on any atom is -0.348 e. The Morgan fingerprint density at radius 1 is 1.28 bits per heavy atom. The minimum absolute atomic E-state index is 0.0206. The van der Waals surface area contributed by atoms with Crippen molar-refractivity contribution in [3.05, 3.63) is 46.7 Å². The van der Waals surface area contributed by atoms with Crippen LogP contribution >= 0.6 is 11.6 Å². The highest BCUT2D eigenvalue weighted by Crippen LogP contribution is 2.22. The van der Waals surface area contributed by atoms with Crippen LogP contribution in [0.3, 0.4) is 0 Å². The van der Waals surface area contributed by atoms with Gasteiger partial charge in [-0.1, -0.05) is 17.7 Å². The fraction of sp³-hybridized carbons (Fsp3) is 0.312. The van der Waals surface area contributed by atoms with Crippen LogP contribution in [-0.2, 0) is 9.84 Å². The van der Waals surface area contributed by atoms with Gasteiger partial charge in [-0.3, -0.25) is 4.79 Å². The van der Waals surface area contributed by atoms with E-state index in [4.69, 9.17) is 11.6 Å². The number of halogens is 1. The number of sulfone groups is 1. The summed E-state index contributed by atoms with van der Waals surface area (Å²) in [5.74, 6) is 0.0433. The van der Waals surface area contributed by atoms with Gasteiger partial charge >= 0.3 is 0 Å². The van der Waals surface area contributed by atoms with Gasteiger partial charge < -0.3 is 10.6 Å². The average Bonchev–Trinajstić information content (AvgIpc) is 2.90. The van der Waals surface area contributed by atoms with Crippen LogP contribution in [0.25, 0.3) is 0 Å². The number of nitrogens with zero attached hydrogens (tertiary/aromatic N) is 2. The molecule has 1 aliphatic heterocycles. The highest BCUT2D eigenvalue weighted by molar-refractivity contribution is 7.91. The number of amides is 1. The lowest BCUT2D eigenvalue weighted by molar-refractivity contribution is 0.0940. The largest absolute Gasteiger partial charge is 0.348 e. The van der Waals surface area contributed by atoms with Crippen molar-refractivity contribution in [3.8, 4) is 0 Å². The molecule has 0 bridgehead atoms. The SMILES string of the molecule is Cc1ccc(Cl)cc1Nc1ncc(C(=O)NC2CCS(=O)(=O)C2)cn1. The quantitative estimate of drug-likeness (QED) is 0.842. The van der Waals surface area contributed by atoms with Gasteiger partial charge in [0.25, 0.3) is 5.91 Å². The summed E-state index contributed by atoms with van der Waals surface area (Å²) >= 11 is 5.97. The number of anilines is 2. The molecule has 1 aromatic carbocycles. The van der Waals surface area contributed by atoms with Gasteiger partial charge in [-0.15, -0.1) is 0 Å². The second kappa shape index (κ2) is 6.97. The van der Waals surface area contributed by atoms with Crippen molar-refractivity contribution < 1.29 is 13.2 Å². The Morgan fingerprint density at radius 3 is 2.64 bits per heavy atom. The summed E-state index contributed by atoms with van der Waals surface area (Å²) < 4.78 is 22.9. The molecule has 25 heavy (non-hydrogen) atoms. The Morgan fingerprint density at radius 2 is 2.00 bits per heavy atom. The first-order valence-electron chi connectivity index (χ1n) is 7.69. The van der Waals surface area contributed by atoms with Gasteiger partial charge in [0.05, 0.1) is 17.1 Å². The van der Waals surface area contributed by atoms with Crippen LogP contribution in [0.5, 0.6) is 0 Å². The van der Waals surface area contributed by atoms with Gasteiger partial charge in [-0.05, 0) is 31.0 Å². The normalized spacial score (nSPS) is 18.7. The van der Waals surface area contributed by atoms with E-state index in [1.807, 2.05) is 13.0 Å². The van der Waals surface area contributed by atoms with Gasteiger partial charge in [0.1, 0.15) is 0 Å². The fourth-order valence-corrected chi connectivity index (χ4v) is 4.38. The second-order valence-electron chi connectivity index (χ2n) is 5.95. The zero-order chi connectivity index (χ0) is 18.0. The van der Waals surface area contributed by atoms with E-state index in [1.165, 1.54) is 12.4 Å². The Hall–Kier alpha value is -2.19. The highest BCUT2D eigenvalue weighted by atomic mass is 35.5. The number of carbonyl (C=O) groups excluding carboxylic acids is 1. The molecule has 132 valence electrons. The minimum atomic E-state index is -3.04. The standard InChI is InChI=1S/C16H17ClN4O3S/c1-10-2-3-12(17)6-14(10)21-16-18-7-11(8-19-16)15(22)20-13-4-5-25(23,24)9-13/h2-3,6-8,13H,4-5,9H2,1H3,(H,20,22)(H,18,19,21). The van der Waals surface area contributed by atoms with Gasteiger partial charge in [0.15, 0.2) is 9.84 Å². The summed E-state index contributed by atoms with van der Waals surface area (Å²) in [5, 5.41) is 6.34. The summed E-state index contributed by atoms with van der Waals surface area (Å²) in [4.78, 5) is 20.4. The smallest absolute Gasteiger partial charge is 0.254 e. The molecule has 1 fully saturated rings. The van der Waals surface area contributed by atoms with Gasteiger partial charge in [0.2, 0.25) is 5.95 Å². The summed E-state index contributed by atoms with van der Waals surface area (Å²) in [5.41, 5.74) is 2.04. The molecule has 1 aliphatic rings. The number of hydrogen-bond donors (Lipinski definition) is 2. The third-order valence-corrected chi connectivity index (χ3v) is 5.93. The summed E-state index contributed by atoms with van der Waals surface area (Å²) in [6.07, 6.45) is 3.23. The topological polar surface area (TPSA) is 101 Å². The third-order valence-electron chi connectivity index (χ3n) is 3.93. The number of hydrogen-bond acceptors (Lipinski definition) is 6. The zero-order valence-electron chi connectivity index (χ0n) is 13.5. The fourth-order valence-electron chi connectivity index (χ4n) is 2.54. The molecule has 7 nitrogen and oxygen atoms in total. The molecular formula is C16H17ClN4O3S. The van der Waals surface area contributed by atoms with E-state index >= 15 is 0 Å². The van der Waals surface area contributed by atoms with E-state index in [9.17, 15) is 13.2 Å². The molecule has 2 aromatic rings. The first-order chi connectivity index (χ1) is 11.8. The molecular weight excluding hydrogens is 364 g/mol. The molecule has 3 rings (SSSR count). The van der Waals surface area contributed by atoms with Crippen LogP contribution in [0.2, 0.25) is 5.02 Å². The first-order valence-corrected chi connectivity index (χ1v) is 9.89. The predicted molar refractivity (Wildman–Crippen MR) is 96.0 cm³/mol. The molecule has 2 heterocycles. The van der Waals surface area contributed by atoms with Gasteiger partial charge in [-0.2, -0.15) is 0 Å². The highest BCUT2D eigenvalue weighted by Gasteiger charge is 2.29. The van der Waals surface area contributed by atoms with Crippen molar-refractivity contribution in [1.82, 2.24) is 15.3 Å². The lowest BCUT2D eigenvalue weighted by Crippen LogP contribution is -2.35. The van der Waals surface area contributed by atoms with E-state index in [0.29, 0.717) is 17.4 Å². The zero-order valence-corrected chi connectivity index (χ0v) is 15.1. The van der Waals surface area contributed by atoms with Crippen molar-refractivity contribution in [3.63, 3.8) is 0 Å². The number of aryl methyl sites for hydroxylation is 1. The summed E-state index contributed by atoms with van der Waals surface area (Å²) in [6, 6.07) is 5.08. The van der Waals surface area contributed by atoms with Crippen LogP contribution in [0, 0.1) is 6.92 Å². The molecule has 0 radical (unpaired) electrons. The molecule has 2 N–H and O–H groups in total. The summed E-state index contributed by atoms with van der Waals surface area (Å²) in [6.45, 7) is 1.93. The van der Waals surface area contributed by atoms with Crippen LogP contribution in [0.1, 0.15) is 22.3 Å². The monoisotopic (exact) mass is 380 g/mol. The number of benzene rings is 1. The Bertz CT molecular complexity index is 900. The maximum Gasteiger partial charge on any atom is 0.254 e. The number of rotatable bonds is 4. The van der Waals surface area contributed by atoms with Crippen LogP contribution in [0.4, 0.5) is 11.6 Å². The number of carbonyl (C=O) groups is 1. The molecule has 1 aromatic heterocycles. The maximum atomic E-state index is 12.2. The van der Waals surface area contributed by atoms with Crippen molar-refractivity contribution in [2.75, 3.05) is 16.8 Å². The van der Waals surface area contributed by atoms with E-state index in [0.717, 1.165) is 11.3 Å². The van der Waals surface area contributed by atoms with Crippen molar-refractivity contribution >= 4 is 39.0 Å². The molecule has 1 saturated heterocycles. The predicted octanol–water partition coefficient (Wildman–Crippen LogP) is 2.10. The molecule has 1 unspecified atom stereocenters. The Balaban J connectivity index is 1.65. The van der Waals surface area contributed by atoms with Crippen molar-refractivity contribution in [1.29, 1.82) is 0 Å². The van der Waals surface area contributed by atoms with Crippen LogP contribution in [-0.4, -0.2) is 41.8 Å². The summed E-state index contributed by atoms with van der Waals surface area (Å²) in [7, 11) is -3.04. The van der Waals surface area contributed by atoms with E-state index in [-0.39, 0.29) is 29.0 Å². The molecule has 0 saturated carbocycles. The molecule has 1 amide bonds. The van der Waals surface area contributed by atoms with Crippen LogP contribution in [0.15, 0.2) is 30.6 Å². The molecule has 0 aliphatic carbocycles. The van der Waals surface area contributed by atoms with E-state index < -0.39 is 9.84 Å². The Kier molecular flexibility index (Phi) is 4.91.